The number of hydrogen-bond donors (Lipinski definition) is 0. The summed E-state index contributed by atoms with van der Waals surface area (Å²) in [7, 11) is 0. The highest BCUT2D eigenvalue weighted by molar-refractivity contribution is 8.00. The van der Waals surface area contributed by atoms with Gasteiger partial charge in [0.1, 0.15) is 0 Å². The van der Waals surface area contributed by atoms with E-state index in [1.165, 1.54) is 75.8 Å². The summed E-state index contributed by atoms with van der Waals surface area (Å²) in [5, 5.41) is 5.14. The molecule has 1 aliphatic carbocycles. The molecule has 0 N–H and O–H groups in total. The van der Waals surface area contributed by atoms with Gasteiger partial charge < -0.3 is 0 Å². The van der Waals surface area contributed by atoms with Gasteiger partial charge in [-0.2, -0.15) is 0 Å². The molecule has 3 heteroatoms. The molecule has 2 heterocycles. The van der Waals surface area contributed by atoms with Crippen LogP contribution in [0, 0.1) is 0 Å². The van der Waals surface area contributed by atoms with Crippen molar-refractivity contribution in [2.45, 2.75) is 15.2 Å². The van der Waals surface area contributed by atoms with Crippen LogP contribution in [0.5, 0.6) is 0 Å². The zero-order chi connectivity index (χ0) is 38.2. The second-order valence-electron chi connectivity index (χ2n) is 15.2. The fourth-order valence-corrected chi connectivity index (χ4v) is 11.0. The third-order valence-electron chi connectivity index (χ3n) is 12.2. The molecule has 0 radical (unpaired) electrons. The molecule has 0 amide bonds. The number of benzene rings is 9. The van der Waals surface area contributed by atoms with Crippen LogP contribution in [0.4, 0.5) is 0 Å². The zero-order valence-corrected chi connectivity index (χ0v) is 32.2. The van der Waals surface area contributed by atoms with Crippen LogP contribution in [-0.2, 0) is 5.41 Å². The summed E-state index contributed by atoms with van der Waals surface area (Å²) in [5.41, 5.74) is 14.8. The molecule has 0 atom stereocenters. The lowest BCUT2D eigenvalue weighted by Gasteiger charge is -2.40. The van der Waals surface area contributed by atoms with Crippen LogP contribution >= 0.6 is 11.8 Å². The fourth-order valence-electron chi connectivity index (χ4n) is 9.58. The number of nitrogens with zero attached hydrogens (tertiary/aromatic N) is 2. The molecule has 1 aliphatic heterocycles. The average molecular weight is 755 g/mol. The van der Waals surface area contributed by atoms with E-state index < -0.39 is 5.41 Å². The summed E-state index contributed by atoms with van der Waals surface area (Å²) in [4.78, 5) is 12.8. The minimum Gasteiger partial charge on any atom is -0.228 e. The zero-order valence-electron chi connectivity index (χ0n) is 31.4. The van der Waals surface area contributed by atoms with E-state index in [2.05, 4.69) is 182 Å². The van der Waals surface area contributed by atoms with E-state index in [-0.39, 0.29) is 0 Å². The Hall–Kier alpha value is -7.07. The van der Waals surface area contributed by atoms with Crippen LogP contribution in [0.3, 0.4) is 0 Å². The van der Waals surface area contributed by atoms with Gasteiger partial charge in [0.05, 0.1) is 16.8 Å². The maximum absolute atomic E-state index is 5.12. The minimum atomic E-state index is -0.492. The van der Waals surface area contributed by atoms with Crippen molar-refractivity contribution >= 4 is 33.3 Å². The first-order valence-electron chi connectivity index (χ1n) is 19.8. The SMILES string of the molecule is c1ccc(-c2cc(-c3ccc(-c4cccc5c4-c4ccccc4C54c5ccc6ccccc6c5Sc5c4ccc4ccccc54)cc3)nc(-c3ccccc3)n2)cc1. The molecule has 0 fully saturated rings. The van der Waals surface area contributed by atoms with Crippen LogP contribution in [0.15, 0.2) is 216 Å². The van der Waals surface area contributed by atoms with Gasteiger partial charge in [-0.1, -0.05) is 212 Å². The number of rotatable bonds is 4. The molecular weight excluding hydrogens is 721 g/mol. The smallest absolute Gasteiger partial charge is 0.160 e. The van der Waals surface area contributed by atoms with Gasteiger partial charge in [-0.3, -0.25) is 0 Å². The number of hydrogen-bond acceptors (Lipinski definition) is 3. The van der Waals surface area contributed by atoms with Gasteiger partial charge in [0.2, 0.25) is 0 Å². The topological polar surface area (TPSA) is 25.8 Å². The van der Waals surface area contributed by atoms with Crippen LogP contribution in [0.1, 0.15) is 22.3 Å². The molecule has 9 aromatic carbocycles. The third-order valence-corrected chi connectivity index (χ3v) is 13.4. The normalized spacial score (nSPS) is 13.2. The fraction of sp³-hybridized carbons (Fsp3) is 0.0182. The van der Waals surface area contributed by atoms with Crippen molar-refractivity contribution in [3.63, 3.8) is 0 Å². The summed E-state index contributed by atoms with van der Waals surface area (Å²) < 4.78 is 0. The lowest BCUT2D eigenvalue weighted by molar-refractivity contribution is 0.729. The molecular formula is C55H34N2S. The largest absolute Gasteiger partial charge is 0.228 e. The Morgan fingerprint density at radius 2 is 0.845 bits per heavy atom. The van der Waals surface area contributed by atoms with Gasteiger partial charge in [0, 0.05) is 26.5 Å². The Labute approximate surface area is 341 Å². The molecule has 1 aromatic heterocycles. The van der Waals surface area contributed by atoms with E-state index in [1.54, 1.807) is 0 Å². The maximum Gasteiger partial charge on any atom is 0.160 e. The van der Waals surface area contributed by atoms with Crippen molar-refractivity contribution in [2.24, 2.45) is 0 Å². The standard InChI is InChI=1S/C55H34N2S/c1-3-16-38(17-4-1)49-34-50(57-54(56-49)40-18-5-2-6-19-40)39-28-26-37(27-29-39)41-23-13-25-46-51(41)44-22-11-12-24-45(44)55(46)47-32-30-35-14-7-9-20-42(35)52(47)58-53-43-21-10-8-15-36(43)31-33-48(53)55/h1-34H. The molecule has 1 spiro atoms. The van der Waals surface area contributed by atoms with Gasteiger partial charge in [-0.15, -0.1) is 0 Å². The van der Waals surface area contributed by atoms with Crippen LogP contribution in [0.25, 0.3) is 77.7 Å². The Bertz CT molecular complexity index is 3100. The highest BCUT2D eigenvalue weighted by Crippen LogP contribution is 2.65. The Balaban J connectivity index is 1.06. The molecule has 2 nitrogen and oxygen atoms in total. The Morgan fingerprint density at radius 3 is 1.50 bits per heavy atom. The summed E-state index contributed by atoms with van der Waals surface area (Å²) in [6.45, 7) is 0. The lowest BCUT2D eigenvalue weighted by Crippen LogP contribution is -2.32. The van der Waals surface area contributed by atoms with Crippen molar-refractivity contribution < 1.29 is 0 Å². The quantitative estimate of drug-likeness (QED) is 0.179. The molecule has 10 aromatic rings. The second-order valence-corrected chi connectivity index (χ2v) is 16.2. The molecule has 58 heavy (non-hydrogen) atoms. The molecule has 2 aliphatic rings. The van der Waals surface area contributed by atoms with Crippen molar-refractivity contribution in [3.05, 3.63) is 229 Å². The molecule has 12 rings (SSSR count). The Kier molecular flexibility index (Phi) is 7.41. The van der Waals surface area contributed by atoms with Crippen molar-refractivity contribution in [1.29, 1.82) is 0 Å². The van der Waals surface area contributed by atoms with E-state index in [9.17, 15) is 0 Å². The van der Waals surface area contributed by atoms with Gasteiger partial charge >= 0.3 is 0 Å². The summed E-state index contributed by atoms with van der Waals surface area (Å²) in [5.74, 6) is 0.718. The van der Waals surface area contributed by atoms with E-state index in [0.717, 1.165) is 33.9 Å². The van der Waals surface area contributed by atoms with Crippen LogP contribution in [0.2, 0.25) is 0 Å². The van der Waals surface area contributed by atoms with Crippen LogP contribution < -0.4 is 0 Å². The maximum atomic E-state index is 5.12. The minimum absolute atomic E-state index is 0.492. The van der Waals surface area contributed by atoms with E-state index in [1.807, 2.05) is 36.0 Å². The van der Waals surface area contributed by atoms with Crippen molar-refractivity contribution in [2.75, 3.05) is 0 Å². The third kappa shape index (κ3) is 4.87. The van der Waals surface area contributed by atoms with E-state index in [0.29, 0.717) is 0 Å². The molecule has 270 valence electrons. The first-order valence-corrected chi connectivity index (χ1v) is 20.6. The molecule has 0 bridgehead atoms. The van der Waals surface area contributed by atoms with E-state index in [4.69, 9.17) is 9.97 Å². The monoisotopic (exact) mass is 754 g/mol. The summed E-state index contributed by atoms with van der Waals surface area (Å²) in [6.07, 6.45) is 0. The molecule has 0 saturated heterocycles. The summed E-state index contributed by atoms with van der Waals surface area (Å²) in [6, 6.07) is 75.0. The highest BCUT2D eigenvalue weighted by Gasteiger charge is 2.51. The highest BCUT2D eigenvalue weighted by atomic mass is 32.2. The van der Waals surface area contributed by atoms with Crippen molar-refractivity contribution in [1.82, 2.24) is 9.97 Å². The van der Waals surface area contributed by atoms with Crippen molar-refractivity contribution in [3.8, 4) is 56.2 Å². The van der Waals surface area contributed by atoms with Gasteiger partial charge in [0.15, 0.2) is 5.82 Å². The molecule has 0 saturated carbocycles. The number of fused-ring (bicyclic) bond motifs is 13. The Morgan fingerprint density at radius 1 is 0.345 bits per heavy atom. The van der Waals surface area contributed by atoms with Crippen LogP contribution in [-0.4, -0.2) is 9.97 Å². The predicted octanol–water partition coefficient (Wildman–Crippen LogP) is 14.3. The van der Waals surface area contributed by atoms with Gasteiger partial charge in [0.25, 0.3) is 0 Å². The molecule has 0 unspecified atom stereocenters. The van der Waals surface area contributed by atoms with Gasteiger partial charge in [-0.25, -0.2) is 9.97 Å². The predicted molar refractivity (Wildman–Crippen MR) is 240 cm³/mol. The lowest BCUT2D eigenvalue weighted by atomic mass is 9.66. The summed E-state index contributed by atoms with van der Waals surface area (Å²) >= 11 is 1.94. The van der Waals surface area contributed by atoms with E-state index >= 15 is 0 Å². The first kappa shape index (κ1) is 33.1. The second kappa shape index (κ2) is 13.0. The number of aromatic nitrogens is 2. The first-order chi connectivity index (χ1) is 28.8. The van der Waals surface area contributed by atoms with Gasteiger partial charge in [-0.05, 0) is 72.1 Å². The average Bonchev–Trinajstić information content (AvgIpc) is 3.60.